The minimum Gasteiger partial charge on any atom is -0.497 e. The Morgan fingerprint density at radius 1 is 1.08 bits per heavy atom. The van der Waals surface area contributed by atoms with Crippen molar-refractivity contribution in [1.82, 2.24) is 4.72 Å². The van der Waals surface area contributed by atoms with Crippen LogP contribution in [-0.2, 0) is 14.8 Å². The summed E-state index contributed by atoms with van der Waals surface area (Å²) in [5.74, 6) is 1.01. The summed E-state index contributed by atoms with van der Waals surface area (Å²) < 4.78 is 43.9. The largest absolute Gasteiger partial charge is 0.497 e. The molecule has 25 heavy (non-hydrogen) atoms. The Kier molecular flexibility index (Phi) is 6.81. The van der Waals surface area contributed by atoms with Crippen LogP contribution < -0.4 is 14.2 Å². The molecular formula is C18H23NO5S. The van der Waals surface area contributed by atoms with Crippen LogP contribution in [-0.4, -0.2) is 35.8 Å². The van der Waals surface area contributed by atoms with Gasteiger partial charge in [-0.05, 0) is 36.8 Å². The zero-order valence-electron chi connectivity index (χ0n) is 14.6. The maximum Gasteiger partial charge on any atom is 0.244 e. The highest BCUT2D eigenvalue weighted by Crippen LogP contribution is 2.25. The van der Waals surface area contributed by atoms with Crippen molar-refractivity contribution >= 4 is 10.0 Å². The van der Waals surface area contributed by atoms with Crippen LogP contribution >= 0.6 is 0 Å². The van der Waals surface area contributed by atoms with Crippen molar-refractivity contribution in [2.45, 2.75) is 17.9 Å². The number of hydrogen-bond donors (Lipinski definition) is 1. The summed E-state index contributed by atoms with van der Waals surface area (Å²) in [7, 11) is -0.616. The summed E-state index contributed by atoms with van der Waals surface area (Å²) in [6.45, 7) is 2.28. The molecule has 1 N–H and O–H groups in total. The molecule has 2 rings (SSSR count). The van der Waals surface area contributed by atoms with Crippen molar-refractivity contribution in [2.24, 2.45) is 0 Å². The Hall–Kier alpha value is -2.09. The van der Waals surface area contributed by atoms with Crippen LogP contribution in [0.15, 0.2) is 53.4 Å². The Morgan fingerprint density at radius 3 is 2.52 bits per heavy atom. The van der Waals surface area contributed by atoms with Gasteiger partial charge >= 0.3 is 0 Å². The maximum atomic E-state index is 12.6. The van der Waals surface area contributed by atoms with E-state index in [0.29, 0.717) is 18.1 Å². The highest BCUT2D eigenvalue weighted by Gasteiger charge is 2.21. The third-order valence-corrected chi connectivity index (χ3v) is 5.11. The van der Waals surface area contributed by atoms with Crippen molar-refractivity contribution in [3.05, 3.63) is 54.1 Å². The van der Waals surface area contributed by atoms with Crippen molar-refractivity contribution in [1.29, 1.82) is 0 Å². The number of ether oxygens (including phenoxy) is 3. The van der Waals surface area contributed by atoms with E-state index in [4.69, 9.17) is 14.2 Å². The van der Waals surface area contributed by atoms with Crippen molar-refractivity contribution in [3.8, 4) is 11.5 Å². The summed E-state index contributed by atoms with van der Waals surface area (Å²) in [6, 6.07) is 13.9. The van der Waals surface area contributed by atoms with Crippen molar-refractivity contribution in [3.63, 3.8) is 0 Å². The second-order valence-electron chi connectivity index (χ2n) is 5.23. The van der Waals surface area contributed by atoms with E-state index in [-0.39, 0.29) is 11.4 Å². The molecule has 1 atom stereocenters. The van der Waals surface area contributed by atoms with Gasteiger partial charge in [-0.2, -0.15) is 0 Å². The molecule has 2 aromatic carbocycles. The molecule has 0 radical (unpaired) electrons. The number of benzene rings is 2. The second kappa shape index (κ2) is 8.84. The molecule has 0 aliphatic carbocycles. The van der Waals surface area contributed by atoms with Gasteiger partial charge in [-0.15, -0.1) is 0 Å². The van der Waals surface area contributed by atoms with E-state index in [2.05, 4.69) is 4.72 Å². The SMILES string of the molecule is CCOc1ccccc1S(=O)(=O)NCC(OC)c1cccc(OC)c1. The van der Waals surface area contributed by atoms with Gasteiger partial charge in [0.1, 0.15) is 16.4 Å². The van der Waals surface area contributed by atoms with Gasteiger partial charge in [0.25, 0.3) is 0 Å². The predicted octanol–water partition coefficient (Wildman–Crippen LogP) is 2.76. The average molecular weight is 365 g/mol. The lowest BCUT2D eigenvalue weighted by Gasteiger charge is -2.18. The molecule has 0 saturated carbocycles. The van der Waals surface area contributed by atoms with Crippen molar-refractivity contribution < 1.29 is 22.6 Å². The van der Waals surface area contributed by atoms with Crippen LogP contribution in [0.5, 0.6) is 11.5 Å². The van der Waals surface area contributed by atoms with Crippen LogP contribution in [0, 0.1) is 0 Å². The van der Waals surface area contributed by atoms with Crippen molar-refractivity contribution in [2.75, 3.05) is 27.4 Å². The van der Waals surface area contributed by atoms with Gasteiger partial charge in [0, 0.05) is 13.7 Å². The molecule has 0 aliphatic heterocycles. The van der Waals surface area contributed by atoms with E-state index in [1.54, 1.807) is 32.2 Å². The van der Waals surface area contributed by atoms with Gasteiger partial charge in [-0.25, -0.2) is 13.1 Å². The molecule has 0 fully saturated rings. The molecule has 0 heterocycles. The molecular weight excluding hydrogens is 342 g/mol. The van der Waals surface area contributed by atoms with Crippen LogP contribution in [0.25, 0.3) is 0 Å². The zero-order valence-corrected chi connectivity index (χ0v) is 15.4. The number of hydrogen-bond acceptors (Lipinski definition) is 5. The summed E-state index contributed by atoms with van der Waals surface area (Å²) in [5.41, 5.74) is 0.822. The minimum absolute atomic E-state index is 0.0897. The number of para-hydroxylation sites is 1. The lowest BCUT2D eigenvalue weighted by atomic mass is 10.1. The van der Waals surface area contributed by atoms with Crippen LogP contribution in [0.3, 0.4) is 0 Å². The summed E-state index contributed by atoms with van der Waals surface area (Å²) in [4.78, 5) is 0.109. The van der Waals surface area contributed by atoms with Gasteiger partial charge in [0.05, 0.1) is 19.8 Å². The fourth-order valence-electron chi connectivity index (χ4n) is 2.39. The normalized spacial score (nSPS) is 12.6. The fourth-order valence-corrected chi connectivity index (χ4v) is 3.56. The molecule has 0 aliphatic rings. The lowest BCUT2D eigenvalue weighted by molar-refractivity contribution is 0.107. The highest BCUT2D eigenvalue weighted by atomic mass is 32.2. The number of rotatable bonds is 9. The first-order valence-corrected chi connectivity index (χ1v) is 9.38. The van der Waals surface area contributed by atoms with E-state index >= 15 is 0 Å². The smallest absolute Gasteiger partial charge is 0.244 e. The summed E-state index contributed by atoms with van der Waals surface area (Å²) in [5, 5.41) is 0. The predicted molar refractivity (Wildman–Crippen MR) is 95.5 cm³/mol. The molecule has 7 heteroatoms. The zero-order chi connectivity index (χ0) is 18.3. The lowest BCUT2D eigenvalue weighted by Crippen LogP contribution is -2.29. The molecule has 1 unspecified atom stereocenters. The van der Waals surface area contributed by atoms with E-state index in [0.717, 1.165) is 5.56 Å². The van der Waals surface area contributed by atoms with Crippen LogP contribution in [0.4, 0.5) is 0 Å². The van der Waals surface area contributed by atoms with Gasteiger partial charge in [-0.1, -0.05) is 24.3 Å². The average Bonchev–Trinajstić information content (AvgIpc) is 2.63. The van der Waals surface area contributed by atoms with Gasteiger partial charge in [0.15, 0.2) is 0 Å². The monoisotopic (exact) mass is 365 g/mol. The van der Waals surface area contributed by atoms with Gasteiger partial charge in [0.2, 0.25) is 10.0 Å². The number of sulfonamides is 1. The maximum absolute atomic E-state index is 12.6. The van der Waals surface area contributed by atoms with Crippen LogP contribution in [0.1, 0.15) is 18.6 Å². The fraction of sp³-hybridized carbons (Fsp3) is 0.333. The first-order valence-electron chi connectivity index (χ1n) is 7.90. The Bertz CT molecular complexity index is 792. The molecule has 6 nitrogen and oxygen atoms in total. The third-order valence-electron chi connectivity index (χ3n) is 3.65. The van der Waals surface area contributed by atoms with E-state index in [1.165, 1.54) is 13.2 Å². The topological polar surface area (TPSA) is 73.9 Å². The van der Waals surface area contributed by atoms with Crippen LogP contribution in [0.2, 0.25) is 0 Å². The molecule has 0 spiro atoms. The summed E-state index contributed by atoms with van der Waals surface area (Å²) in [6.07, 6.45) is -0.441. The van der Waals surface area contributed by atoms with Gasteiger partial charge in [-0.3, -0.25) is 0 Å². The Morgan fingerprint density at radius 2 is 1.84 bits per heavy atom. The first kappa shape index (κ1) is 19.2. The quantitative estimate of drug-likeness (QED) is 0.740. The standard InChI is InChI=1S/C18H23NO5S/c1-4-24-16-10-5-6-11-18(16)25(20,21)19-13-17(23-3)14-8-7-9-15(12-14)22-2/h5-12,17,19H,4,13H2,1-3H3. The first-order chi connectivity index (χ1) is 12.0. The highest BCUT2D eigenvalue weighted by molar-refractivity contribution is 7.89. The molecule has 136 valence electrons. The molecule has 0 amide bonds. The third kappa shape index (κ3) is 4.94. The summed E-state index contributed by atoms with van der Waals surface area (Å²) >= 11 is 0. The molecule has 0 bridgehead atoms. The van der Waals surface area contributed by atoms with E-state index in [9.17, 15) is 8.42 Å². The second-order valence-corrected chi connectivity index (χ2v) is 6.97. The molecule has 0 aromatic heterocycles. The van der Waals surface area contributed by atoms with E-state index in [1.807, 2.05) is 24.3 Å². The Labute approximate surface area is 148 Å². The van der Waals surface area contributed by atoms with Gasteiger partial charge < -0.3 is 14.2 Å². The van der Waals surface area contributed by atoms with E-state index < -0.39 is 16.1 Å². The minimum atomic E-state index is -3.73. The Balaban J connectivity index is 2.17. The molecule has 0 saturated heterocycles. The number of nitrogens with one attached hydrogen (secondary N) is 1. The number of methoxy groups -OCH3 is 2. The molecule has 2 aromatic rings.